The molecule has 0 spiro atoms. The van der Waals surface area contributed by atoms with E-state index in [4.69, 9.17) is 9.84 Å². The van der Waals surface area contributed by atoms with E-state index in [1.54, 1.807) is 0 Å². The lowest BCUT2D eigenvalue weighted by molar-refractivity contribution is -0.121. The third-order valence-corrected chi connectivity index (χ3v) is 4.56. The highest BCUT2D eigenvalue weighted by molar-refractivity contribution is 5.93. The molecule has 2 bridgehead atoms. The summed E-state index contributed by atoms with van der Waals surface area (Å²) < 4.78 is 5.29. The Morgan fingerprint density at radius 3 is 2.65 bits per heavy atom. The molecule has 3 atom stereocenters. The van der Waals surface area contributed by atoms with Gasteiger partial charge in [0, 0.05) is 11.6 Å². The number of hydrogen-bond acceptors (Lipinski definition) is 3. The molecule has 2 aliphatic carbocycles. The van der Waals surface area contributed by atoms with E-state index >= 15 is 0 Å². The molecule has 2 saturated carbocycles. The van der Waals surface area contributed by atoms with Crippen molar-refractivity contribution in [3.05, 3.63) is 24.3 Å². The maximum Gasteiger partial charge on any atom is 0.227 e. The van der Waals surface area contributed by atoms with Gasteiger partial charge in [0.05, 0.1) is 6.61 Å². The van der Waals surface area contributed by atoms with Crippen LogP contribution in [0.15, 0.2) is 24.3 Å². The number of fused-ring (bicyclic) bond motifs is 2. The molecule has 0 aromatic heterocycles. The summed E-state index contributed by atoms with van der Waals surface area (Å²) in [5, 5.41) is 11.7. The maximum absolute atomic E-state index is 12.3. The van der Waals surface area contributed by atoms with Crippen LogP contribution in [0.1, 0.15) is 25.7 Å². The van der Waals surface area contributed by atoms with E-state index in [9.17, 15) is 4.79 Å². The topological polar surface area (TPSA) is 58.6 Å². The minimum atomic E-state index is 0.00270. The van der Waals surface area contributed by atoms with Gasteiger partial charge in [0.25, 0.3) is 0 Å². The molecule has 0 aliphatic heterocycles. The quantitative estimate of drug-likeness (QED) is 0.867. The molecular weight excluding hydrogens is 254 g/mol. The Labute approximate surface area is 119 Å². The van der Waals surface area contributed by atoms with Crippen molar-refractivity contribution in [2.75, 3.05) is 18.5 Å². The summed E-state index contributed by atoms with van der Waals surface area (Å²) in [5.74, 6) is 2.47. The Kier molecular flexibility index (Phi) is 3.92. The number of aliphatic hydroxyl groups excluding tert-OH is 1. The number of aliphatic hydroxyl groups is 1. The smallest absolute Gasteiger partial charge is 0.227 e. The van der Waals surface area contributed by atoms with Gasteiger partial charge in [0.15, 0.2) is 0 Å². The fraction of sp³-hybridized carbons (Fsp3) is 0.562. The van der Waals surface area contributed by atoms with Crippen LogP contribution in [0.3, 0.4) is 0 Å². The highest BCUT2D eigenvalue weighted by Crippen LogP contribution is 2.48. The molecule has 1 amide bonds. The van der Waals surface area contributed by atoms with Crippen LogP contribution in [0.5, 0.6) is 5.75 Å². The SMILES string of the molecule is O=C(Nc1ccc(OCCO)cc1)C1CC2CCC1C2. The molecule has 3 rings (SSSR count). The Morgan fingerprint density at radius 2 is 2.05 bits per heavy atom. The molecule has 3 unspecified atom stereocenters. The van der Waals surface area contributed by atoms with Gasteiger partial charge in [-0.3, -0.25) is 4.79 Å². The van der Waals surface area contributed by atoms with Gasteiger partial charge in [-0.15, -0.1) is 0 Å². The molecule has 0 heterocycles. The second kappa shape index (κ2) is 5.83. The molecule has 4 heteroatoms. The predicted molar refractivity (Wildman–Crippen MR) is 76.6 cm³/mol. The van der Waals surface area contributed by atoms with Gasteiger partial charge in [-0.25, -0.2) is 0 Å². The lowest BCUT2D eigenvalue weighted by atomic mass is 9.88. The largest absolute Gasteiger partial charge is 0.491 e. The molecule has 1 aromatic rings. The summed E-state index contributed by atoms with van der Waals surface area (Å²) in [4.78, 5) is 12.3. The number of carbonyl (C=O) groups excluding carboxylic acids is 1. The summed E-state index contributed by atoms with van der Waals surface area (Å²) in [6.45, 7) is 0.291. The van der Waals surface area contributed by atoms with Gasteiger partial charge in [-0.05, 0) is 55.4 Å². The van der Waals surface area contributed by atoms with Gasteiger partial charge in [-0.2, -0.15) is 0 Å². The maximum atomic E-state index is 12.3. The molecule has 20 heavy (non-hydrogen) atoms. The second-order valence-electron chi connectivity index (χ2n) is 5.87. The van der Waals surface area contributed by atoms with Gasteiger partial charge in [-0.1, -0.05) is 6.42 Å². The van der Waals surface area contributed by atoms with Crippen molar-refractivity contribution >= 4 is 11.6 Å². The zero-order valence-corrected chi connectivity index (χ0v) is 11.5. The number of amides is 1. The van der Waals surface area contributed by atoms with Crippen LogP contribution in [-0.4, -0.2) is 24.2 Å². The van der Waals surface area contributed by atoms with Crippen molar-refractivity contribution in [1.82, 2.24) is 0 Å². The van der Waals surface area contributed by atoms with E-state index in [1.165, 1.54) is 19.3 Å². The van der Waals surface area contributed by atoms with Crippen LogP contribution < -0.4 is 10.1 Å². The predicted octanol–water partition coefficient (Wildman–Crippen LogP) is 2.43. The molecule has 108 valence electrons. The molecule has 0 radical (unpaired) electrons. The lowest BCUT2D eigenvalue weighted by Gasteiger charge is -2.20. The summed E-state index contributed by atoms with van der Waals surface area (Å²) in [5.41, 5.74) is 0.814. The Hall–Kier alpha value is -1.55. The fourth-order valence-electron chi connectivity index (χ4n) is 3.60. The van der Waals surface area contributed by atoms with Crippen LogP contribution in [0.4, 0.5) is 5.69 Å². The average Bonchev–Trinajstić information content (AvgIpc) is 3.09. The van der Waals surface area contributed by atoms with Crippen molar-refractivity contribution in [1.29, 1.82) is 0 Å². The van der Waals surface area contributed by atoms with Crippen LogP contribution in [0, 0.1) is 17.8 Å². The van der Waals surface area contributed by atoms with Crippen molar-refractivity contribution < 1.29 is 14.6 Å². The van der Waals surface area contributed by atoms with Crippen molar-refractivity contribution in [3.63, 3.8) is 0 Å². The first-order valence-corrected chi connectivity index (χ1v) is 7.41. The summed E-state index contributed by atoms with van der Waals surface area (Å²) in [6.07, 6.45) is 4.84. The first-order chi connectivity index (χ1) is 9.76. The van der Waals surface area contributed by atoms with E-state index < -0.39 is 0 Å². The first-order valence-electron chi connectivity index (χ1n) is 7.41. The third-order valence-electron chi connectivity index (χ3n) is 4.56. The number of benzene rings is 1. The zero-order chi connectivity index (χ0) is 13.9. The highest BCUT2D eigenvalue weighted by atomic mass is 16.5. The van der Waals surface area contributed by atoms with Crippen molar-refractivity contribution in [3.8, 4) is 5.75 Å². The van der Waals surface area contributed by atoms with Gasteiger partial charge in [0.1, 0.15) is 12.4 Å². The fourth-order valence-corrected chi connectivity index (χ4v) is 3.60. The van der Waals surface area contributed by atoms with Crippen LogP contribution in [0.25, 0.3) is 0 Å². The van der Waals surface area contributed by atoms with Crippen LogP contribution in [0.2, 0.25) is 0 Å². The average molecular weight is 275 g/mol. The number of nitrogens with one attached hydrogen (secondary N) is 1. The molecule has 2 N–H and O–H groups in total. The number of carbonyl (C=O) groups is 1. The molecule has 2 fully saturated rings. The first kappa shape index (κ1) is 13.4. The number of hydrogen-bond donors (Lipinski definition) is 2. The van der Waals surface area contributed by atoms with E-state index in [2.05, 4.69) is 5.32 Å². The van der Waals surface area contributed by atoms with Crippen molar-refractivity contribution in [2.45, 2.75) is 25.7 Å². The third kappa shape index (κ3) is 2.80. The van der Waals surface area contributed by atoms with E-state index in [0.29, 0.717) is 11.7 Å². The number of ether oxygens (including phenoxy) is 1. The van der Waals surface area contributed by atoms with Crippen molar-refractivity contribution in [2.24, 2.45) is 17.8 Å². The van der Waals surface area contributed by atoms with Gasteiger partial charge < -0.3 is 15.2 Å². The van der Waals surface area contributed by atoms with E-state index in [0.717, 1.165) is 18.0 Å². The normalized spacial score (nSPS) is 27.6. The Balaban J connectivity index is 1.56. The van der Waals surface area contributed by atoms with Crippen LogP contribution in [-0.2, 0) is 4.79 Å². The van der Waals surface area contributed by atoms with E-state index in [-0.39, 0.29) is 25.0 Å². The minimum absolute atomic E-state index is 0.00270. The molecule has 0 saturated heterocycles. The minimum Gasteiger partial charge on any atom is -0.491 e. The number of rotatable bonds is 5. The Bertz CT molecular complexity index is 471. The monoisotopic (exact) mass is 275 g/mol. The molecule has 1 aromatic carbocycles. The van der Waals surface area contributed by atoms with Crippen LogP contribution >= 0.6 is 0 Å². The molecule has 2 aliphatic rings. The van der Waals surface area contributed by atoms with Gasteiger partial charge >= 0.3 is 0 Å². The zero-order valence-electron chi connectivity index (χ0n) is 11.5. The Morgan fingerprint density at radius 1 is 1.25 bits per heavy atom. The molecular formula is C16H21NO3. The lowest BCUT2D eigenvalue weighted by Crippen LogP contribution is -2.27. The summed E-state index contributed by atoms with van der Waals surface area (Å²) in [6, 6.07) is 7.31. The summed E-state index contributed by atoms with van der Waals surface area (Å²) >= 11 is 0. The highest BCUT2D eigenvalue weighted by Gasteiger charge is 2.42. The number of anilines is 1. The van der Waals surface area contributed by atoms with Gasteiger partial charge in [0.2, 0.25) is 5.91 Å². The second-order valence-corrected chi connectivity index (χ2v) is 5.87. The summed E-state index contributed by atoms with van der Waals surface area (Å²) in [7, 11) is 0. The standard InChI is InChI=1S/C16H21NO3/c18-7-8-20-14-5-3-13(4-6-14)17-16(19)15-10-11-1-2-12(15)9-11/h3-6,11-12,15,18H,1-2,7-10H2,(H,17,19). The molecule has 4 nitrogen and oxygen atoms in total. The van der Waals surface area contributed by atoms with E-state index in [1.807, 2.05) is 24.3 Å².